The first-order valence-corrected chi connectivity index (χ1v) is 6.63. The molecule has 0 aliphatic carbocycles. The lowest BCUT2D eigenvalue weighted by Crippen LogP contribution is -2.30. The van der Waals surface area contributed by atoms with Gasteiger partial charge >= 0.3 is 6.18 Å². The molecule has 22 heavy (non-hydrogen) atoms. The van der Waals surface area contributed by atoms with Crippen LogP contribution in [0.3, 0.4) is 0 Å². The van der Waals surface area contributed by atoms with Crippen molar-refractivity contribution < 1.29 is 22.7 Å². The predicted octanol–water partition coefficient (Wildman–Crippen LogP) is 3.45. The summed E-state index contributed by atoms with van der Waals surface area (Å²) in [5.41, 5.74) is 5.03. The van der Waals surface area contributed by atoms with Crippen molar-refractivity contribution in [3.63, 3.8) is 0 Å². The van der Waals surface area contributed by atoms with Gasteiger partial charge in [-0.15, -0.1) is 0 Å². The largest absolute Gasteiger partial charge is 0.416 e. The molecule has 0 fully saturated rings. The molecular formula is C16H15F4NO. The Kier molecular flexibility index (Phi) is 4.83. The van der Waals surface area contributed by atoms with Crippen LogP contribution in [0.2, 0.25) is 0 Å². The fraction of sp³-hybridized carbons (Fsp3) is 0.250. The molecular weight excluding hydrogens is 298 g/mol. The third-order valence-corrected chi connectivity index (χ3v) is 3.38. The average Bonchev–Trinajstić information content (AvgIpc) is 2.46. The first kappa shape index (κ1) is 16.5. The molecule has 2 atom stereocenters. The van der Waals surface area contributed by atoms with E-state index in [0.717, 1.165) is 17.7 Å². The number of hydrogen-bond acceptors (Lipinski definition) is 2. The van der Waals surface area contributed by atoms with Gasteiger partial charge in [-0.05, 0) is 23.3 Å². The number of rotatable bonds is 4. The summed E-state index contributed by atoms with van der Waals surface area (Å²) in [6.07, 6.45) is -5.84. The van der Waals surface area contributed by atoms with E-state index >= 15 is 0 Å². The highest BCUT2D eigenvalue weighted by Crippen LogP contribution is 2.35. The van der Waals surface area contributed by atoms with E-state index in [9.17, 15) is 22.7 Å². The molecule has 118 valence electrons. The van der Waals surface area contributed by atoms with Gasteiger partial charge in [-0.3, -0.25) is 0 Å². The van der Waals surface area contributed by atoms with Gasteiger partial charge in [0.1, 0.15) is 5.82 Å². The number of alkyl halides is 3. The third kappa shape index (κ3) is 3.84. The second-order valence-corrected chi connectivity index (χ2v) is 5.01. The molecule has 0 heterocycles. The maximum absolute atomic E-state index is 13.1. The Bertz CT molecular complexity index is 628. The average molecular weight is 313 g/mol. The summed E-state index contributed by atoms with van der Waals surface area (Å²) >= 11 is 0. The van der Waals surface area contributed by atoms with Crippen molar-refractivity contribution in [2.75, 3.05) is 0 Å². The van der Waals surface area contributed by atoms with Crippen molar-refractivity contribution in [1.29, 1.82) is 0 Å². The number of nitrogens with two attached hydrogens (primary N) is 1. The minimum absolute atomic E-state index is 0.108. The number of aliphatic hydroxyl groups is 1. The molecule has 0 aliphatic rings. The van der Waals surface area contributed by atoms with E-state index in [2.05, 4.69) is 0 Å². The molecule has 2 nitrogen and oxygen atoms in total. The molecule has 0 saturated carbocycles. The van der Waals surface area contributed by atoms with E-state index in [1.807, 2.05) is 0 Å². The van der Waals surface area contributed by atoms with E-state index in [0.29, 0.717) is 6.07 Å². The molecule has 0 saturated heterocycles. The first-order valence-electron chi connectivity index (χ1n) is 6.63. The second-order valence-electron chi connectivity index (χ2n) is 5.01. The molecule has 0 unspecified atom stereocenters. The van der Waals surface area contributed by atoms with Crippen LogP contribution in [0.25, 0.3) is 0 Å². The highest BCUT2D eigenvalue weighted by molar-refractivity contribution is 5.34. The lowest BCUT2D eigenvalue weighted by atomic mass is 9.93. The van der Waals surface area contributed by atoms with E-state index in [1.165, 1.54) is 0 Å². The highest BCUT2D eigenvalue weighted by atomic mass is 19.4. The molecule has 0 spiro atoms. The molecule has 2 aromatic rings. The number of halogens is 4. The van der Waals surface area contributed by atoms with Gasteiger partial charge < -0.3 is 10.8 Å². The maximum Gasteiger partial charge on any atom is 0.416 e. The van der Waals surface area contributed by atoms with Crippen LogP contribution in [0.15, 0.2) is 48.5 Å². The van der Waals surface area contributed by atoms with E-state index in [1.54, 1.807) is 30.3 Å². The van der Waals surface area contributed by atoms with E-state index in [4.69, 9.17) is 5.73 Å². The fourth-order valence-electron chi connectivity index (χ4n) is 2.25. The monoisotopic (exact) mass is 313 g/mol. The minimum atomic E-state index is -4.73. The molecule has 6 heteroatoms. The second kappa shape index (κ2) is 6.46. The Morgan fingerprint density at radius 1 is 1.05 bits per heavy atom. The lowest BCUT2D eigenvalue weighted by Gasteiger charge is -2.23. The number of benzene rings is 2. The summed E-state index contributed by atoms with van der Waals surface area (Å²) in [7, 11) is 0. The normalized spacial score (nSPS) is 14.6. The topological polar surface area (TPSA) is 46.2 Å². The summed E-state index contributed by atoms with van der Waals surface area (Å²) in [5.74, 6) is -0.999. The van der Waals surface area contributed by atoms with Crippen LogP contribution in [-0.2, 0) is 12.6 Å². The summed E-state index contributed by atoms with van der Waals surface area (Å²) < 4.78 is 52.0. The van der Waals surface area contributed by atoms with Crippen molar-refractivity contribution in [3.05, 3.63) is 71.0 Å². The number of hydrogen-bond donors (Lipinski definition) is 2. The van der Waals surface area contributed by atoms with Gasteiger partial charge in [-0.1, -0.05) is 36.4 Å². The van der Waals surface area contributed by atoms with Gasteiger partial charge in [-0.25, -0.2) is 4.39 Å². The Hall–Kier alpha value is -1.92. The molecule has 0 radical (unpaired) electrons. The van der Waals surface area contributed by atoms with Gasteiger partial charge in [0.2, 0.25) is 0 Å². The maximum atomic E-state index is 13.1. The molecule has 0 bridgehead atoms. The standard InChI is InChI=1S/C16H15F4NO/c17-11-6-7-12(13(9-11)16(18,19)20)15(21)14(22)8-10-4-2-1-3-5-10/h1-7,9,14-15,22H,8,21H2/t14-,15+/m1/s1. The third-order valence-electron chi connectivity index (χ3n) is 3.38. The van der Waals surface area contributed by atoms with Crippen molar-refractivity contribution >= 4 is 0 Å². The van der Waals surface area contributed by atoms with Crippen molar-refractivity contribution in [3.8, 4) is 0 Å². The fourth-order valence-corrected chi connectivity index (χ4v) is 2.25. The SMILES string of the molecule is N[C@@H](c1ccc(F)cc1C(F)(F)F)[C@H](O)Cc1ccccc1. The number of aliphatic hydroxyl groups excluding tert-OH is 1. The Morgan fingerprint density at radius 2 is 1.68 bits per heavy atom. The molecule has 3 N–H and O–H groups in total. The summed E-state index contributed by atoms with van der Waals surface area (Å²) in [6.45, 7) is 0. The Morgan fingerprint density at radius 3 is 2.27 bits per heavy atom. The van der Waals surface area contributed by atoms with Gasteiger partial charge in [0, 0.05) is 6.42 Å². The molecule has 2 rings (SSSR count). The van der Waals surface area contributed by atoms with Crippen LogP contribution in [0.4, 0.5) is 17.6 Å². The van der Waals surface area contributed by atoms with Crippen LogP contribution in [0, 0.1) is 5.82 Å². The zero-order valence-corrected chi connectivity index (χ0v) is 11.5. The van der Waals surface area contributed by atoms with Crippen LogP contribution in [0.1, 0.15) is 22.7 Å². The Labute approximate surface area is 125 Å². The molecule has 2 aromatic carbocycles. The van der Waals surface area contributed by atoms with Crippen molar-refractivity contribution in [1.82, 2.24) is 0 Å². The van der Waals surface area contributed by atoms with E-state index in [-0.39, 0.29) is 12.0 Å². The van der Waals surface area contributed by atoms with Crippen LogP contribution in [-0.4, -0.2) is 11.2 Å². The van der Waals surface area contributed by atoms with Crippen LogP contribution >= 0.6 is 0 Å². The van der Waals surface area contributed by atoms with Gasteiger partial charge in [0.25, 0.3) is 0 Å². The summed E-state index contributed by atoms with van der Waals surface area (Å²) in [4.78, 5) is 0. The lowest BCUT2D eigenvalue weighted by molar-refractivity contribution is -0.138. The zero-order chi connectivity index (χ0) is 16.3. The summed E-state index contributed by atoms with van der Waals surface area (Å²) in [5, 5.41) is 10.1. The molecule has 0 amide bonds. The van der Waals surface area contributed by atoms with Crippen LogP contribution < -0.4 is 5.73 Å². The van der Waals surface area contributed by atoms with Crippen molar-refractivity contribution in [2.45, 2.75) is 24.7 Å². The predicted molar refractivity (Wildman–Crippen MR) is 74.5 cm³/mol. The van der Waals surface area contributed by atoms with Gasteiger partial charge in [-0.2, -0.15) is 13.2 Å². The quantitative estimate of drug-likeness (QED) is 0.849. The molecule has 0 aromatic heterocycles. The van der Waals surface area contributed by atoms with Gasteiger partial charge in [0.05, 0.1) is 17.7 Å². The first-order chi connectivity index (χ1) is 10.3. The minimum Gasteiger partial charge on any atom is -0.391 e. The Balaban J connectivity index is 2.27. The van der Waals surface area contributed by atoms with Gasteiger partial charge in [0.15, 0.2) is 0 Å². The van der Waals surface area contributed by atoms with Crippen molar-refractivity contribution in [2.24, 2.45) is 5.73 Å². The van der Waals surface area contributed by atoms with E-state index < -0.39 is 29.7 Å². The summed E-state index contributed by atoms with van der Waals surface area (Å²) in [6, 6.07) is 9.78. The highest BCUT2D eigenvalue weighted by Gasteiger charge is 2.36. The molecule has 0 aliphatic heterocycles. The zero-order valence-electron chi connectivity index (χ0n) is 11.5. The smallest absolute Gasteiger partial charge is 0.391 e. The van der Waals surface area contributed by atoms with Crippen LogP contribution in [0.5, 0.6) is 0 Å².